The Labute approximate surface area is 117 Å². The van der Waals surface area contributed by atoms with E-state index in [2.05, 4.69) is 4.98 Å². The van der Waals surface area contributed by atoms with Crippen LogP contribution in [0.1, 0.15) is 23.2 Å². The molecule has 1 fully saturated rings. The van der Waals surface area contributed by atoms with E-state index in [0.717, 1.165) is 15.7 Å². The summed E-state index contributed by atoms with van der Waals surface area (Å²) in [4.78, 5) is 28.7. The molecule has 0 radical (unpaired) electrons. The first-order valence-electron chi connectivity index (χ1n) is 6.31. The summed E-state index contributed by atoms with van der Waals surface area (Å²) in [5.41, 5.74) is 1.08. The van der Waals surface area contributed by atoms with Crippen LogP contribution in [0.15, 0.2) is 21.9 Å². The van der Waals surface area contributed by atoms with Crippen LogP contribution in [0.25, 0.3) is 0 Å². The molecule has 1 aliphatic carbocycles. The molecule has 102 valence electrons. The van der Waals surface area contributed by atoms with Crippen molar-refractivity contribution in [3.05, 3.63) is 49.5 Å². The summed E-state index contributed by atoms with van der Waals surface area (Å²) in [6.45, 7) is 0. The van der Waals surface area contributed by atoms with Crippen molar-refractivity contribution in [3.8, 4) is 0 Å². The maximum absolute atomic E-state index is 12.3. The average Bonchev–Trinajstić information content (AvgIpc) is 3.21. The van der Waals surface area contributed by atoms with Crippen LogP contribution in [0.2, 0.25) is 5.15 Å². The van der Waals surface area contributed by atoms with Gasteiger partial charge in [0.25, 0.3) is 0 Å². The van der Waals surface area contributed by atoms with E-state index in [1.165, 1.54) is 16.4 Å². The van der Waals surface area contributed by atoms with Gasteiger partial charge in [0.05, 0.1) is 0 Å². The molecule has 4 aliphatic rings. The summed E-state index contributed by atoms with van der Waals surface area (Å²) < 4.78 is 9.77. The van der Waals surface area contributed by atoms with Gasteiger partial charge in [-0.05, 0) is 11.6 Å². The highest BCUT2D eigenvalue weighted by atomic mass is 35.5. The smallest absolute Gasteiger partial charge is 0.347 e. The molecule has 2 aromatic heterocycles. The lowest BCUT2D eigenvalue weighted by Crippen LogP contribution is -2.48. The predicted octanol–water partition coefficient (Wildman–Crippen LogP) is -0.330. The van der Waals surface area contributed by atoms with Gasteiger partial charge < -0.3 is 4.74 Å². The van der Waals surface area contributed by atoms with Crippen LogP contribution in [0.4, 0.5) is 0 Å². The van der Waals surface area contributed by atoms with Gasteiger partial charge in [0.2, 0.25) is 0 Å². The molecule has 0 spiro atoms. The molecule has 20 heavy (non-hydrogen) atoms. The molecule has 1 saturated heterocycles. The number of nitrogens with zero attached hydrogens (tertiary/aromatic N) is 4. The molecule has 6 rings (SSSR count). The number of pyridine rings is 1. The third-order valence-electron chi connectivity index (χ3n) is 4.50. The summed E-state index contributed by atoms with van der Waals surface area (Å²) in [6, 6.07) is 1.20. The van der Waals surface area contributed by atoms with Crippen molar-refractivity contribution in [2.45, 2.75) is 24.3 Å². The molecule has 5 heterocycles. The molecule has 0 N–H and O–H groups in total. The number of aromatic nitrogens is 4. The third kappa shape index (κ3) is 0.958. The zero-order chi connectivity index (χ0) is 13.8. The lowest BCUT2D eigenvalue weighted by molar-refractivity contribution is 0.276. The van der Waals surface area contributed by atoms with E-state index in [1.54, 1.807) is 6.20 Å². The summed E-state index contributed by atoms with van der Waals surface area (Å²) in [5.74, 6) is 0. The monoisotopic (exact) mass is 292 g/mol. The second kappa shape index (κ2) is 3.07. The van der Waals surface area contributed by atoms with Gasteiger partial charge in [-0.15, -0.1) is 0 Å². The Bertz CT molecular complexity index is 895. The molecular weight excluding hydrogens is 284 g/mol. The molecule has 8 heteroatoms. The highest BCUT2D eigenvalue weighted by Gasteiger charge is 2.63. The van der Waals surface area contributed by atoms with E-state index in [1.807, 2.05) is 6.07 Å². The second-order valence-corrected chi connectivity index (χ2v) is 5.73. The number of ether oxygens (including phenoxy) is 1. The van der Waals surface area contributed by atoms with E-state index < -0.39 is 0 Å². The zero-order valence-corrected chi connectivity index (χ0v) is 11.1. The van der Waals surface area contributed by atoms with Gasteiger partial charge in [0, 0.05) is 18.8 Å². The normalized spacial score (nSPS) is 31.7. The van der Waals surface area contributed by atoms with E-state index in [9.17, 15) is 9.59 Å². The molecule has 0 saturated carbocycles. The molecule has 2 aromatic rings. The van der Waals surface area contributed by atoms with Crippen LogP contribution in [0, 0.1) is 0 Å². The topological polar surface area (TPSA) is 74.3 Å². The fourth-order valence-corrected chi connectivity index (χ4v) is 3.89. The van der Waals surface area contributed by atoms with E-state index >= 15 is 0 Å². The van der Waals surface area contributed by atoms with Crippen molar-refractivity contribution >= 4 is 11.6 Å². The molecule has 0 amide bonds. The summed E-state index contributed by atoms with van der Waals surface area (Å²) in [7, 11) is 1.49. The van der Waals surface area contributed by atoms with Gasteiger partial charge >= 0.3 is 11.4 Å². The van der Waals surface area contributed by atoms with Gasteiger partial charge in [-0.2, -0.15) is 0 Å². The van der Waals surface area contributed by atoms with Crippen LogP contribution in [0.3, 0.4) is 0 Å². The average molecular weight is 293 g/mol. The summed E-state index contributed by atoms with van der Waals surface area (Å²) in [5, 5.41) is 0.376. The third-order valence-corrected chi connectivity index (χ3v) is 4.80. The zero-order valence-electron chi connectivity index (χ0n) is 10.4. The fourth-order valence-electron chi connectivity index (χ4n) is 3.61. The summed E-state index contributed by atoms with van der Waals surface area (Å²) >= 11 is 6.21. The van der Waals surface area contributed by atoms with E-state index in [0.29, 0.717) is 5.15 Å². The molecule has 0 aromatic carbocycles. The number of halogens is 1. The van der Waals surface area contributed by atoms with Crippen LogP contribution in [-0.2, 0) is 11.8 Å². The number of epoxide rings is 1. The van der Waals surface area contributed by atoms with Crippen LogP contribution < -0.4 is 11.4 Å². The highest BCUT2D eigenvalue weighted by Crippen LogP contribution is 2.55. The van der Waals surface area contributed by atoms with Crippen molar-refractivity contribution in [1.82, 2.24) is 18.9 Å². The minimum absolute atomic E-state index is 0.0505. The fraction of sp³-hybridized carbons (Fsp3) is 0.417. The first kappa shape index (κ1) is 10.9. The standard InChI is InChI=1S/C12H9ClN4O3/c1-15-11(18)16-6-4-2-3-14-10(13)5(4)7(9-8(6)20-9)17(16)12(15)19/h2-3,6-9H,1H3. The first-order valence-corrected chi connectivity index (χ1v) is 6.69. The first-order chi connectivity index (χ1) is 9.61. The Kier molecular flexibility index (Phi) is 1.67. The Morgan fingerprint density at radius 1 is 1.20 bits per heavy atom. The molecule has 4 unspecified atom stereocenters. The van der Waals surface area contributed by atoms with Crippen molar-refractivity contribution in [2.75, 3.05) is 0 Å². The second-order valence-electron chi connectivity index (χ2n) is 5.37. The van der Waals surface area contributed by atoms with Gasteiger partial charge in [-0.3, -0.25) is 0 Å². The van der Waals surface area contributed by atoms with Crippen LogP contribution in [0.5, 0.6) is 0 Å². The quantitative estimate of drug-likeness (QED) is 0.492. The minimum Gasteiger partial charge on any atom is -0.364 e. The lowest BCUT2D eigenvalue weighted by Gasteiger charge is -2.36. The number of hydrogen-bond acceptors (Lipinski definition) is 4. The van der Waals surface area contributed by atoms with Gasteiger partial charge in [-0.1, -0.05) is 11.6 Å². The Morgan fingerprint density at radius 3 is 2.60 bits per heavy atom. The highest BCUT2D eigenvalue weighted by molar-refractivity contribution is 6.30. The van der Waals surface area contributed by atoms with Crippen LogP contribution >= 0.6 is 11.6 Å². The maximum Gasteiger partial charge on any atom is 0.347 e. The molecule has 7 nitrogen and oxygen atoms in total. The van der Waals surface area contributed by atoms with Crippen molar-refractivity contribution in [1.29, 1.82) is 0 Å². The molecular formula is C12H9ClN4O3. The van der Waals surface area contributed by atoms with Crippen molar-refractivity contribution < 1.29 is 4.74 Å². The maximum atomic E-state index is 12.3. The van der Waals surface area contributed by atoms with Crippen LogP contribution in [-0.4, -0.2) is 31.1 Å². The molecule has 4 atom stereocenters. The molecule has 3 aliphatic heterocycles. The Hall–Kier alpha value is -1.86. The number of hydrogen-bond donors (Lipinski definition) is 0. The predicted molar refractivity (Wildman–Crippen MR) is 68.1 cm³/mol. The Balaban J connectivity index is 1.96. The lowest BCUT2D eigenvalue weighted by atomic mass is 9.83. The van der Waals surface area contributed by atoms with Crippen molar-refractivity contribution in [3.63, 3.8) is 0 Å². The summed E-state index contributed by atoms with van der Waals surface area (Å²) in [6.07, 6.45) is 1.48. The SMILES string of the molecule is Cn1c(=O)n2n(c1=O)C1c3c(ccnc3Cl)C2C2OC21. The van der Waals surface area contributed by atoms with E-state index in [4.69, 9.17) is 16.3 Å². The number of rotatable bonds is 0. The van der Waals surface area contributed by atoms with Gasteiger partial charge in [0.1, 0.15) is 29.4 Å². The minimum atomic E-state index is -0.359. The van der Waals surface area contributed by atoms with Gasteiger partial charge in [-0.25, -0.2) is 28.5 Å². The Morgan fingerprint density at radius 2 is 1.85 bits per heavy atom. The molecule has 2 bridgehead atoms. The van der Waals surface area contributed by atoms with Crippen molar-refractivity contribution in [2.24, 2.45) is 7.05 Å². The largest absolute Gasteiger partial charge is 0.364 e. The van der Waals surface area contributed by atoms with E-state index in [-0.39, 0.29) is 35.7 Å². The van der Waals surface area contributed by atoms with Gasteiger partial charge in [0.15, 0.2) is 0 Å².